The fraction of sp³-hybridized carbons (Fsp3) is 0.357. The van der Waals surface area contributed by atoms with Gasteiger partial charge in [-0.1, -0.05) is 11.6 Å². The van der Waals surface area contributed by atoms with Gasteiger partial charge < -0.3 is 15.2 Å². The Morgan fingerprint density at radius 1 is 1.42 bits per heavy atom. The second-order valence-corrected chi connectivity index (χ2v) is 5.34. The van der Waals surface area contributed by atoms with Gasteiger partial charge in [0.05, 0.1) is 12.1 Å². The third-order valence-electron chi connectivity index (χ3n) is 3.40. The highest BCUT2D eigenvalue weighted by atomic mass is 35.5. The van der Waals surface area contributed by atoms with E-state index < -0.39 is 5.60 Å². The quantitative estimate of drug-likeness (QED) is 0.906. The fourth-order valence-electron chi connectivity index (χ4n) is 2.27. The molecule has 2 N–H and O–H groups in total. The van der Waals surface area contributed by atoms with Crippen LogP contribution in [0.25, 0.3) is 10.9 Å². The first-order valence-electron chi connectivity index (χ1n) is 6.25. The molecule has 4 nitrogen and oxygen atoms in total. The van der Waals surface area contributed by atoms with Gasteiger partial charge in [-0.25, -0.2) is 0 Å². The van der Waals surface area contributed by atoms with Crippen molar-refractivity contribution in [3.05, 3.63) is 35.5 Å². The van der Waals surface area contributed by atoms with Crippen LogP contribution in [0.3, 0.4) is 0 Å². The molecule has 100 valence electrons. The molecule has 1 aromatic carbocycles. The Morgan fingerprint density at radius 2 is 2.32 bits per heavy atom. The molecule has 0 amide bonds. The van der Waals surface area contributed by atoms with Crippen LogP contribution < -0.4 is 5.32 Å². The van der Waals surface area contributed by atoms with E-state index in [1.807, 2.05) is 24.3 Å². The van der Waals surface area contributed by atoms with Crippen molar-refractivity contribution in [1.82, 2.24) is 4.98 Å². The van der Waals surface area contributed by atoms with Gasteiger partial charge in [-0.3, -0.25) is 4.98 Å². The number of hydrogen-bond donors (Lipinski definition) is 2. The van der Waals surface area contributed by atoms with E-state index in [9.17, 15) is 5.11 Å². The first-order valence-corrected chi connectivity index (χ1v) is 6.62. The molecule has 2 heterocycles. The molecule has 0 saturated carbocycles. The third kappa shape index (κ3) is 2.66. The maximum Gasteiger partial charge on any atom is 0.107 e. The number of anilines is 1. The zero-order valence-corrected chi connectivity index (χ0v) is 11.2. The minimum Gasteiger partial charge on any atom is -0.386 e. The van der Waals surface area contributed by atoms with E-state index in [1.54, 1.807) is 6.20 Å². The molecule has 1 aliphatic heterocycles. The Hall–Kier alpha value is -1.36. The summed E-state index contributed by atoms with van der Waals surface area (Å²) in [6.07, 6.45) is 2.39. The molecular weight excluding hydrogens is 264 g/mol. The lowest BCUT2D eigenvalue weighted by Gasteiger charge is -2.21. The van der Waals surface area contributed by atoms with E-state index in [0.717, 1.165) is 16.6 Å². The lowest BCUT2D eigenvalue weighted by molar-refractivity contribution is 0.0382. The van der Waals surface area contributed by atoms with Crippen molar-refractivity contribution in [2.24, 2.45) is 0 Å². The highest BCUT2D eigenvalue weighted by Gasteiger charge is 2.31. The summed E-state index contributed by atoms with van der Waals surface area (Å²) in [6.45, 7) is 1.47. The Labute approximate surface area is 116 Å². The average Bonchev–Trinajstić information content (AvgIpc) is 2.83. The van der Waals surface area contributed by atoms with E-state index in [4.69, 9.17) is 16.3 Å². The predicted molar refractivity (Wildman–Crippen MR) is 75.6 cm³/mol. The molecular formula is C14H15ClN2O2. The Balaban J connectivity index is 1.84. The molecule has 0 bridgehead atoms. The van der Waals surface area contributed by atoms with Crippen molar-refractivity contribution >= 4 is 28.2 Å². The van der Waals surface area contributed by atoms with Crippen LogP contribution in [0.1, 0.15) is 6.42 Å². The van der Waals surface area contributed by atoms with E-state index >= 15 is 0 Å². The van der Waals surface area contributed by atoms with Crippen LogP contribution in [0.5, 0.6) is 0 Å². The van der Waals surface area contributed by atoms with Crippen LogP contribution in [0.4, 0.5) is 5.69 Å². The zero-order valence-electron chi connectivity index (χ0n) is 10.4. The van der Waals surface area contributed by atoms with Gasteiger partial charge in [-0.15, -0.1) is 0 Å². The van der Waals surface area contributed by atoms with Gasteiger partial charge in [0, 0.05) is 41.9 Å². The maximum absolute atomic E-state index is 10.2. The molecule has 0 spiro atoms. The molecule has 2 aromatic rings. The zero-order chi connectivity index (χ0) is 13.3. The van der Waals surface area contributed by atoms with Crippen molar-refractivity contribution in [2.45, 2.75) is 12.0 Å². The number of fused-ring (bicyclic) bond motifs is 1. The van der Waals surface area contributed by atoms with Gasteiger partial charge in [-0.05, 0) is 24.3 Å². The molecule has 1 unspecified atom stereocenters. The monoisotopic (exact) mass is 278 g/mol. The Kier molecular flexibility index (Phi) is 3.31. The second-order valence-electron chi connectivity index (χ2n) is 4.90. The van der Waals surface area contributed by atoms with Gasteiger partial charge in [0.15, 0.2) is 0 Å². The minimum absolute atomic E-state index is 0.384. The topological polar surface area (TPSA) is 54.4 Å². The molecule has 0 radical (unpaired) electrons. The number of aromatic nitrogens is 1. The number of benzene rings is 1. The molecule has 0 aliphatic carbocycles. The summed E-state index contributed by atoms with van der Waals surface area (Å²) in [7, 11) is 0. The van der Waals surface area contributed by atoms with Gasteiger partial charge in [0.25, 0.3) is 0 Å². The smallest absolute Gasteiger partial charge is 0.107 e. The number of rotatable bonds is 3. The van der Waals surface area contributed by atoms with E-state index in [-0.39, 0.29) is 0 Å². The van der Waals surface area contributed by atoms with Gasteiger partial charge in [-0.2, -0.15) is 0 Å². The number of hydrogen-bond acceptors (Lipinski definition) is 4. The van der Waals surface area contributed by atoms with Crippen molar-refractivity contribution in [1.29, 1.82) is 0 Å². The molecule has 19 heavy (non-hydrogen) atoms. The van der Waals surface area contributed by atoms with Gasteiger partial charge in [0.2, 0.25) is 0 Å². The molecule has 1 fully saturated rings. The first kappa shape index (κ1) is 12.7. The van der Waals surface area contributed by atoms with Crippen molar-refractivity contribution in [3.63, 3.8) is 0 Å². The summed E-state index contributed by atoms with van der Waals surface area (Å²) < 4.78 is 5.23. The molecule has 1 atom stereocenters. The SMILES string of the molecule is OC1(CNc2ccnc3cc(Cl)ccc23)CCOC1. The average molecular weight is 279 g/mol. The third-order valence-corrected chi connectivity index (χ3v) is 3.63. The second kappa shape index (κ2) is 4.96. The van der Waals surface area contributed by atoms with Crippen molar-refractivity contribution < 1.29 is 9.84 Å². The lowest BCUT2D eigenvalue weighted by Crippen LogP contribution is -2.37. The fourth-order valence-corrected chi connectivity index (χ4v) is 2.44. The van der Waals surface area contributed by atoms with Crippen molar-refractivity contribution in [3.8, 4) is 0 Å². The van der Waals surface area contributed by atoms with E-state index in [0.29, 0.717) is 31.2 Å². The summed E-state index contributed by atoms with van der Waals surface area (Å²) in [6, 6.07) is 7.50. The van der Waals surface area contributed by atoms with Gasteiger partial charge in [0.1, 0.15) is 5.60 Å². The normalized spacial score (nSPS) is 22.8. The molecule has 3 rings (SSSR count). The van der Waals surface area contributed by atoms with Crippen LogP contribution in [0.15, 0.2) is 30.5 Å². The van der Waals surface area contributed by atoms with Crippen LogP contribution in [-0.2, 0) is 4.74 Å². The largest absolute Gasteiger partial charge is 0.386 e. The molecule has 5 heteroatoms. The van der Waals surface area contributed by atoms with Crippen molar-refractivity contribution in [2.75, 3.05) is 25.1 Å². The highest BCUT2D eigenvalue weighted by Crippen LogP contribution is 2.26. The number of nitrogens with zero attached hydrogens (tertiary/aromatic N) is 1. The predicted octanol–water partition coefficient (Wildman–Crippen LogP) is 2.45. The Morgan fingerprint density at radius 3 is 3.11 bits per heavy atom. The standard InChI is InChI=1S/C14H15ClN2O2/c15-10-1-2-11-12(3-5-16-13(11)7-10)17-8-14(18)4-6-19-9-14/h1-3,5,7,18H,4,6,8-9H2,(H,16,17). The number of pyridine rings is 1. The van der Waals surface area contributed by atoms with E-state index in [2.05, 4.69) is 10.3 Å². The Bertz CT molecular complexity index is 597. The van der Waals surface area contributed by atoms with E-state index in [1.165, 1.54) is 0 Å². The molecule has 1 aromatic heterocycles. The highest BCUT2D eigenvalue weighted by molar-refractivity contribution is 6.31. The number of ether oxygens (including phenoxy) is 1. The molecule has 1 saturated heterocycles. The first-order chi connectivity index (χ1) is 9.16. The summed E-state index contributed by atoms with van der Waals surface area (Å²) in [5.41, 5.74) is 1.01. The van der Waals surface area contributed by atoms with Crippen LogP contribution in [0, 0.1) is 0 Å². The van der Waals surface area contributed by atoms with Crippen LogP contribution in [0.2, 0.25) is 5.02 Å². The summed E-state index contributed by atoms with van der Waals surface area (Å²) in [5, 5.41) is 15.2. The summed E-state index contributed by atoms with van der Waals surface area (Å²) in [5.74, 6) is 0. The summed E-state index contributed by atoms with van der Waals surface area (Å²) in [4.78, 5) is 4.29. The van der Waals surface area contributed by atoms with Gasteiger partial charge >= 0.3 is 0 Å². The minimum atomic E-state index is -0.776. The van der Waals surface area contributed by atoms with Crippen LogP contribution >= 0.6 is 11.6 Å². The maximum atomic E-state index is 10.2. The number of nitrogens with one attached hydrogen (secondary N) is 1. The van der Waals surface area contributed by atoms with Crippen LogP contribution in [-0.4, -0.2) is 35.5 Å². The molecule has 1 aliphatic rings. The summed E-state index contributed by atoms with van der Waals surface area (Å²) >= 11 is 5.96. The number of aliphatic hydroxyl groups is 1. The lowest BCUT2D eigenvalue weighted by atomic mass is 10.0. The number of halogens is 1.